The fourth-order valence-electron chi connectivity index (χ4n) is 2.55. The van der Waals surface area contributed by atoms with E-state index in [-0.39, 0.29) is 5.91 Å². The highest BCUT2D eigenvalue weighted by molar-refractivity contribution is 9.10. The van der Waals surface area contributed by atoms with E-state index in [9.17, 15) is 4.79 Å². The number of hydrogen-bond acceptors (Lipinski definition) is 2. The first-order chi connectivity index (χ1) is 8.61. The van der Waals surface area contributed by atoms with E-state index in [0.29, 0.717) is 17.2 Å². The Hall–Kier alpha value is -1.03. The number of halogens is 1. The Labute approximate surface area is 116 Å². The van der Waals surface area contributed by atoms with Gasteiger partial charge in [0.1, 0.15) is 0 Å². The Morgan fingerprint density at radius 3 is 3.06 bits per heavy atom. The molecule has 1 heterocycles. The van der Waals surface area contributed by atoms with Gasteiger partial charge in [-0.3, -0.25) is 4.79 Å². The summed E-state index contributed by atoms with van der Waals surface area (Å²) in [5, 5.41) is 0. The molecule has 18 heavy (non-hydrogen) atoms. The Bertz CT molecular complexity index is 447. The maximum Gasteiger partial charge on any atom is 0.255 e. The minimum Gasteiger partial charge on any atom is -0.398 e. The second-order valence-corrected chi connectivity index (χ2v) is 5.84. The van der Waals surface area contributed by atoms with Crippen molar-refractivity contribution in [2.24, 2.45) is 5.92 Å². The van der Waals surface area contributed by atoms with Crippen LogP contribution in [0.2, 0.25) is 0 Å². The van der Waals surface area contributed by atoms with E-state index in [4.69, 9.17) is 5.73 Å². The molecule has 1 saturated heterocycles. The summed E-state index contributed by atoms with van der Waals surface area (Å²) < 4.78 is 0.893. The van der Waals surface area contributed by atoms with E-state index in [2.05, 4.69) is 22.9 Å². The van der Waals surface area contributed by atoms with Crippen molar-refractivity contribution in [3.05, 3.63) is 28.2 Å². The molecule has 3 nitrogen and oxygen atoms in total. The first-order valence-electron chi connectivity index (χ1n) is 6.46. The van der Waals surface area contributed by atoms with Crippen LogP contribution in [0.1, 0.15) is 36.5 Å². The van der Waals surface area contributed by atoms with Gasteiger partial charge >= 0.3 is 0 Å². The number of carbonyl (C=O) groups excluding carboxylic acids is 1. The fraction of sp³-hybridized carbons (Fsp3) is 0.500. The van der Waals surface area contributed by atoms with Crippen LogP contribution >= 0.6 is 15.9 Å². The largest absolute Gasteiger partial charge is 0.398 e. The lowest BCUT2D eigenvalue weighted by Gasteiger charge is -2.17. The van der Waals surface area contributed by atoms with Gasteiger partial charge in [0.15, 0.2) is 0 Å². The van der Waals surface area contributed by atoms with Crippen LogP contribution in [-0.2, 0) is 0 Å². The van der Waals surface area contributed by atoms with Crippen molar-refractivity contribution in [2.75, 3.05) is 18.8 Å². The third-order valence-electron chi connectivity index (χ3n) is 3.52. The number of hydrogen-bond donors (Lipinski definition) is 1. The van der Waals surface area contributed by atoms with Crippen molar-refractivity contribution in [1.29, 1.82) is 0 Å². The molecule has 1 aliphatic heterocycles. The smallest absolute Gasteiger partial charge is 0.255 e. The Kier molecular flexibility index (Phi) is 4.27. The summed E-state index contributed by atoms with van der Waals surface area (Å²) in [5.74, 6) is 0.722. The third kappa shape index (κ3) is 2.86. The predicted octanol–water partition coefficient (Wildman–Crippen LogP) is 3.29. The number of likely N-dealkylation sites (tertiary alicyclic amines) is 1. The average molecular weight is 311 g/mol. The van der Waals surface area contributed by atoms with Crippen LogP contribution in [0, 0.1) is 5.92 Å². The van der Waals surface area contributed by atoms with E-state index >= 15 is 0 Å². The van der Waals surface area contributed by atoms with Crippen LogP contribution in [0.3, 0.4) is 0 Å². The number of benzene rings is 1. The SMILES string of the molecule is CCCC1CCN(C(=O)c2cc(Br)ccc2N)C1. The molecular weight excluding hydrogens is 292 g/mol. The molecular formula is C14H19BrN2O. The maximum absolute atomic E-state index is 12.4. The number of nitrogens with zero attached hydrogens (tertiary/aromatic N) is 1. The quantitative estimate of drug-likeness (QED) is 0.871. The molecule has 0 spiro atoms. The predicted molar refractivity (Wildman–Crippen MR) is 77.5 cm³/mol. The zero-order valence-electron chi connectivity index (χ0n) is 10.7. The molecule has 1 aromatic rings. The molecule has 1 aromatic carbocycles. The van der Waals surface area contributed by atoms with Crippen LogP contribution in [0.4, 0.5) is 5.69 Å². The number of nitrogens with two attached hydrogens (primary N) is 1. The summed E-state index contributed by atoms with van der Waals surface area (Å²) in [5.41, 5.74) is 7.05. The highest BCUT2D eigenvalue weighted by Gasteiger charge is 2.27. The molecule has 98 valence electrons. The van der Waals surface area contributed by atoms with Gasteiger partial charge in [-0.05, 0) is 37.0 Å². The number of carbonyl (C=O) groups is 1. The molecule has 2 rings (SSSR count). The molecule has 1 amide bonds. The van der Waals surface area contributed by atoms with Gasteiger partial charge in [0.05, 0.1) is 5.56 Å². The van der Waals surface area contributed by atoms with Crippen LogP contribution in [0.15, 0.2) is 22.7 Å². The summed E-state index contributed by atoms with van der Waals surface area (Å²) in [4.78, 5) is 14.3. The summed E-state index contributed by atoms with van der Waals surface area (Å²) in [6.45, 7) is 3.92. The standard InChI is InChI=1S/C14H19BrN2O/c1-2-3-10-6-7-17(9-10)14(18)12-8-11(15)4-5-13(12)16/h4-5,8,10H,2-3,6-7,9,16H2,1H3. The first kappa shape index (κ1) is 13.4. The molecule has 0 aromatic heterocycles. The second-order valence-electron chi connectivity index (χ2n) is 4.93. The molecule has 1 aliphatic rings. The van der Waals surface area contributed by atoms with Crippen molar-refractivity contribution < 1.29 is 4.79 Å². The number of anilines is 1. The fourth-order valence-corrected chi connectivity index (χ4v) is 2.91. The van der Waals surface area contributed by atoms with Gasteiger partial charge in [0.2, 0.25) is 0 Å². The van der Waals surface area contributed by atoms with Gasteiger partial charge in [0, 0.05) is 23.2 Å². The van der Waals surface area contributed by atoms with Gasteiger partial charge in [0.25, 0.3) is 5.91 Å². The van der Waals surface area contributed by atoms with E-state index in [1.54, 1.807) is 6.07 Å². The highest BCUT2D eigenvalue weighted by Crippen LogP contribution is 2.25. The Balaban J connectivity index is 2.10. The average Bonchev–Trinajstić information content (AvgIpc) is 2.80. The van der Waals surface area contributed by atoms with Crippen molar-refractivity contribution in [3.8, 4) is 0 Å². The van der Waals surface area contributed by atoms with Crippen LogP contribution < -0.4 is 5.73 Å². The van der Waals surface area contributed by atoms with Crippen LogP contribution in [0.5, 0.6) is 0 Å². The van der Waals surface area contributed by atoms with E-state index in [1.807, 2.05) is 17.0 Å². The van der Waals surface area contributed by atoms with Crippen molar-refractivity contribution in [3.63, 3.8) is 0 Å². The number of rotatable bonds is 3. The van der Waals surface area contributed by atoms with Crippen molar-refractivity contribution >= 4 is 27.5 Å². The van der Waals surface area contributed by atoms with Crippen molar-refractivity contribution in [1.82, 2.24) is 4.90 Å². The number of nitrogen functional groups attached to an aromatic ring is 1. The maximum atomic E-state index is 12.4. The van der Waals surface area contributed by atoms with Crippen LogP contribution in [0.25, 0.3) is 0 Å². The van der Waals surface area contributed by atoms with Gasteiger partial charge in [-0.15, -0.1) is 0 Å². The lowest BCUT2D eigenvalue weighted by atomic mass is 10.0. The molecule has 1 unspecified atom stereocenters. The molecule has 1 fully saturated rings. The minimum atomic E-state index is 0.0624. The molecule has 0 saturated carbocycles. The Morgan fingerprint density at radius 2 is 2.33 bits per heavy atom. The lowest BCUT2D eigenvalue weighted by Crippen LogP contribution is -2.29. The molecule has 2 N–H and O–H groups in total. The Morgan fingerprint density at radius 1 is 1.56 bits per heavy atom. The molecule has 4 heteroatoms. The zero-order valence-corrected chi connectivity index (χ0v) is 12.2. The zero-order chi connectivity index (χ0) is 13.1. The van der Waals surface area contributed by atoms with E-state index in [1.165, 1.54) is 12.8 Å². The monoisotopic (exact) mass is 310 g/mol. The third-order valence-corrected chi connectivity index (χ3v) is 4.01. The normalized spacial score (nSPS) is 19.2. The van der Waals surface area contributed by atoms with E-state index in [0.717, 1.165) is 24.0 Å². The first-order valence-corrected chi connectivity index (χ1v) is 7.25. The number of amides is 1. The molecule has 0 bridgehead atoms. The summed E-state index contributed by atoms with van der Waals surface area (Å²) in [6, 6.07) is 5.44. The van der Waals surface area contributed by atoms with E-state index < -0.39 is 0 Å². The van der Waals surface area contributed by atoms with Gasteiger partial charge in [-0.1, -0.05) is 29.3 Å². The minimum absolute atomic E-state index is 0.0624. The van der Waals surface area contributed by atoms with Crippen molar-refractivity contribution in [2.45, 2.75) is 26.2 Å². The summed E-state index contributed by atoms with van der Waals surface area (Å²) in [6.07, 6.45) is 3.51. The van der Waals surface area contributed by atoms with Gasteiger partial charge in [-0.2, -0.15) is 0 Å². The topological polar surface area (TPSA) is 46.3 Å². The second kappa shape index (κ2) is 5.74. The summed E-state index contributed by atoms with van der Waals surface area (Å²) >= 11 is 3.38. The van der Waals surface area contributed by atoms with Gasteiger partial charge in [-0.25, -0.2) is 0 Å². The lowest BCUT2D eigenvalue weighted by molar-refractivity contribution is 0.0787. The molecule has 1 atom stereocenters. The summed E-state index contributed by atoms with van der Waals surface area (Å²) in [7, 11) is 0. The molecule has 0 aliphatic carbocycles. The van der Waals surface area contributed by atoms with Gasteiger partial charge < -0.3 is 10.6 Å². The highest BCUT2D eigenvalue weighted by atomic mass is 79.9. The van der Waals surface area contributed by atoms with Crippen LogP contribution in [-0.4, -0.2) is 23.9 Å². The molecule has 0 radical (unpaired) electrons.